The quantitative estimate of drug-likeness (QED) is 0.412. The average Bonchev–Trinajstić information content (AvgIpc) is 2.03. The average molecular weight is 181 g/mol. The van der Waals surface area contributed by atoms with E-state index in [0.29, 0.717) is 19.8 Å². The largest absolute Gasteiger partial charge is 1.00 e. The number of ether oxygens (including phenoxy) is 1. The first-order chi connectivity index (χ1) is 5.29. The molecule has 0 radical (unpaired) electrons. The second-order valence-electron chi connectivity index (χ2n) is 2.58. The van der Waals surface area contributed by atoms with Gasteiger partial charge in [-0.3, -0.25) is 4.90 Å². The maximum atomic E-state index is 10.1. The molecule has 5 heteroatoms. The van der Waals surface area contributed by atoms with Crippen LogP contribution in [-0.2, 0) is 9.53 Å². The molecule has 0 N–H and O–H groups in total. The van der Waals surface area contributed by atoms with E-state index in [1.165, 1.54) is 0 Å². The zero-order valence-electron chi connectivity index (χ0n) is 7.41. The van der Waals surface area contributed by atoms with Crippen LogP contribution in [0.2, 0.25) is 0 Å². The van der Waals surface area contributed by atoms with Crippen LogP contribution in [0.4, 0.5) is 0 Å². The molecular formula is C7H12NNaO3. The Balaban J connectivity index is 0.00000121. The van der Waals surface area contributed by atoms with Gasteiger partial charge in [0.05, 0.1) is 13.2 Å². The van der Waals surface area contributed by atoms with Gasteiger partial charge in [0.25, 0.3) is 0 Å². The summed E-state index contributed by atoms with van der Waals surface area (Å²) >= 11 is 0. The van der Waals surface area contributed by atoms with E-state index in [1.54, 1.807) is 0 Å². The maximum absolute atomic E-state index is 10.1. The van der Waals surface area contributed by atoms with Crippen molar-refractivity contribution in [1.29, 1.82) is 0 Å². The Hall–Kier alpha value is 0.390. The van der Waals surface area contributed by atoms with E-state index in [0.717, 1.165) is 13.1 Å². The SMILES string of the molecule is O=C([O-])CCN1CCOCC1.[Na+]. The Labute approximate surface area is 94.2 Å². The van der Waals surface area contributed by atoms with Gasteiger partial charge in [-0.05, 0) is 6.42 Å². The third-order valence-electron chi connectivity index (χ3n) is 1.74. The number of carbonyl (C=O) groups excluding carboxylic acids is 1. The van der Waals surface area contributed by atoms with Crippen molar-refractivity contribution in [3.8, 4) is 0 Å². The van der Waals surface area contributed by atoms with Crippen molar-refractivity contribution >= 4 is 5.97 Å². The number of carboxylic acid groups (broad SMARTS) is 1. The molecule has 1 rings (SSSR count). The minimum Gasteiger partial charge on any atom is -0.550 e. The number of nitrogens with zero attached hydrogens (tertiary/aromatic N) is 1. The fourth-order valence-electron chi connectivity index (χ4n) is 1.07. The van der Waals surface area contributed by atoms with Crippen molar-refractivity contribution in [3.05, 3.63) is 0 Å². The molecule has 0 bridgehead atoms. The molecule has 1 fully saturated rings. The van der Waals surface area contributed by atoms with E-state index in [4.69, 9.17) is 4.74 Å². The monoisotopic (exact) mass is 181 g/mol. The van der Waals surface area contributed by atoms with Crippen LogP contribution < -0.4 is 34.7 Å². The predicted molar refractivity (Wildman–Crippen MR) is 36.9 cm³/mol. The summed E-state index contributed by atoms with van der Waals surface area (Å²) in [6.07, 6.45) is 0.125. The van der Waals surface area contributed by atoms with Crippen molar-refractivity contribution in [2.45, 2.75) is 6.42 Å². The smallest absolute Gasteiger partial charge is 0.550 e. The zero-order chi connectivity index (χ0) is 8.10. The molecule has 1 aliphatic rings. The Morgan fingerprint density at radius 2 is 2.00 bits per heavy atom. The Kier molecular flexibility index (Phi) is 7.08. The summed E-state index contributed by atoms with van der Waals surface area (Å²) in [7, 11) is 0. The van der Waals surface area contributed by atoms with E-state index in [1.807, 2.05) is 0 Å². The zero-order valence-corrected chi connectivity index (χ0v) is 9.41. The normalized spacial score (nSPS) is 18.3. The first kappa shape index (κ1) is 12.4. The Bertz CT molecular complexity index is 137. The molecule has 0 spiro atoms. The molecule has 4 nitrogen and oxygen atoms in total. The van der Waals surface area contributed by atoms with E-state index in [-0.39, 0.29) is 36.0 Å². The molecule has 0 atom stereocenters. The summed E-state index contributed by atoms with van der Waals surface area (Å²) in [5.41, 5.74) is 0. The van der Waals surface area contributed by atoms with Crippen LogP contribution >= 0.6 is 0 Å². The molecule has 0 saturated carbocycles. The van der Waals surface area contributed by atoms with Crippen molar-refractivity contribution in [2.24, 2.45) is 0 Å². The van der Waals surface area contributed by atoms with Crippen LogP contribution in [0.1, 0.15) is 6.42 Å². The second kappa shape index (κ2) is 6.86. The van der Waals surface area contributed by atoms with Gasteiger partial charge in [-0.2, -0.15) is 0 Å². The van der Waals surface area contributed by atoms with Gasteiger partial charge in [-0.15, -0.1) is 0 Å². The molecule has 0 aromatic heterocycles. The molecule has 12 heavy (non-hydrogen) atoms. The molecule has 0 unspecified atom stereocenters. The van der Waals surface area contributed by atoms with E-state index in [9.17, 15) is 9.90 Å². The number of carboxylic acids is 1. The van der Waals surface area contributed by atoms with Crippen molar-refractivity contribution in [3.63, 3.8) is 0 Å². The molecule has 0 aliphatic carbocycles. The number of carbonyl (C=O) groups is 1. The van der Waals surface area contributed by atoms with Gasteiger partial charge in [0, 0.05) is 25.6 Å². The van der Waals surface area contributed by atoms with E-state index in [2.05, 4.69) is 4.90 Å². The second-order valence-corrected chi connectivity index (χ2v) is 2.58. The predicted octanol–water partition coefficient (Wildman–Crippen LogP) is -4.54. The first-order valence-corrected chi connectivity index (χ1v) is 3.79. The third-order valence-corrected chi connectivity index (χ3v) is 1.74. The van der Waals surface area contributed by atoms with Crippen molar-refractivity contribution < 1.29 is 44.2 Å². The van der Waals surface area contributed by atoms with Gasteiger partial charge in [-0.1, -0.05) is 0 Å². The molecule has 1 aliphatic heterocycles. The van der Waals surface area contributed by atoms with Gasteiger partial charge in [0.1, 0.15) is 0 Å². The summed E-state index contributed by atoms with van der Waals surface area (Å²) in [6, 6.07) is 0. The first-order valence-electron chi connectivity index (χ1n) is 3.79. The van der Waals surface area contributed by atoms with Crippen LogP contribution in [0, 0.1) is 0 Å². The van der Waals surface area contributed by atoms with Crippen LogP contribution in [0.25, 0.3) is 0 Å². The van der Waals surface area contributed by atoms with Crippen LogP contribution in [0.5, 0.6) is 0 Å². The number of hydrogen-bond donors (Lipinski definition) is 0. The molecule has 0 aromatic carbocycles. The van der Waals surface area contributed by atoms with Crippen LogP contribution in [0.15, 0.2) is 0 Å². The summed E-state index contributed by atoms with van der Waals surface area (Å²) < 4.78 is 5.10. The van der Waals surface area contributed by atoms with Crippen LogP contribution in [-0.4, -0.2) is 43.7 Å². The fourth-order valence-corrected chi connectivity index (χ4v) is 1.07. The van der Waals surface area contributed by atoms with Gasteiger partial charge in [0.2, 0.25) is 0 Å². The maximum Gasteiger partial charge on any atom is 1.00 e. The Morgan fingerprint density at radius 3 is 2.50 bits per heavy atom. The van der Waals surface area contributed by atoms with E-state index < -0.39 is 5.97 Å². The molecule has 0 aromatic rings. The van der Waals surface area contributed by atoms with Gasteiger partial charge >= 0.3 is 29.6 Å². The molecular weight excluding hydrogens is 169 g/mol. The summed E-state index contributed by atoms with van der Waals surface area (Å²) in [5.74, 6) is -0.975. The molecule has 1 heterocycles. The van der Waals surface area contributed by atoms with Crippen molar-refractivity contribution in [1.82, 2.24) is 4.90 Å². The summed E-state index contributed by atoms with van der Waals surface area (Å²) in [4.78, 5) is 12.1. The summed E-state index contributed by atoms with van der Waals surface area (Å²) in [5, 5.41) is 10.1. The minimum absolute atomic E-state index is 0. The molecule has 64 valence electrons. The number of rotatable bonds is 3. The van der Waals surface area contributed by atoms with Crippen LogP contribution in [0.3, 0.4) is 0 Å². The number of morpholine rings is 1. The minimum atomic E-state index is -0.975. The molecule has 1 saturated heterocycles. The fraction of sp³-hybridized carbons (Fsp3) is 0.857. The van der Waals surface area contributed by atoms with Crippen molar-refractivity contribution in [2.75, 3.05) is 32.8 Å². The van der Waals surface area contributed by atoms with Gasteiger partial charge in [-0.25, -0.2) is 0 Å². The van der Waals surface area contributed by atoms with E-state index >= 15 is 0 Å². The van der Waals surface area contributed by atoms with Gasteiger partial charge in [0.15, 0.2) is 0 Å². The standard InChI is InChI=1S/C7H13NO3.Na/c9-7(10)1-2-8-3-5-11-6-4-8;/h1-6H2,(H,9,10);/q;+1/p-1. The number of aliphatic carboxylic acids is 1. The molecule has 0 amide bonds. The van der Waals surface area contributed by atoms with Gasteiger partial charge < -0.3 is 14.6 Å². The summed E-state index contributed by atoms with van der Waals surface area (Å²) in [6.45, 7) is 3.70. The topological polar surface area (TPSA) is 52.6 Å². The number of hydrogen-bond acceptors (Lipinski definition) is 4. The Morgan fingerprint density at radius 1 is 1.42 bits per heavy atom. The third kappa shape index (κ3) is 5.11.